The van der Waals surface area contributed by atoms with Crippen molar-refractivity contribution in [1.29, 1.82) is 0 Å². The molecule has 0 aromatic heterocycles. The molecule has 1 saturated heterocycles. The van der Waals surface area contributed by atoms with Crippen molar-refractivity contribution >= 4 is 23.4 Å². The normalized spacial score (nSPS) is 14.4. The molecule has 1 aliphatic heterocycles. The van der Waals surface area contributed by atoms with Gasteiger partial charge in [0, 0.05) is 42.9 Å². The lowest BCUT2D eigenvalue weighted by Gasteiger charge is -2.31. The first-order valence-electron chi connectivity index (χ1n) is 9.16. The third-order valence-electron chi connectivity index (χ3n) is 4.89. The van der Waals surface area contributed by atoms with Gasteiger partial charge in [0.1, 0.15) is 5.82 Å². The molecule has 28 heavy (non-hydrogen) atoms. The van der Waals surface area contributed by atoms with E-state index in [1.165, 1.54) is 24.3 Å². The van der Waals surface area contributed by atoms with E-state index in [9.17, 15) is 18.8 Å². The second kappa shape index (κ2) is 8.65. The van der Waals surface area contributed by atoms with Gasteiger partial charge in [-0.15, -0.1) is 0 Å². The molecule has 2 aromatic rings. The minimum Gasteiger partial charge on any atom is -0.355 e. The van der Waals surface area contributed by atoms with Crippen LogP contribution in [-0.2, 0) is 4.79 Å². The van der Waals surface area contributed by atoms with Gasteiger partial charge in [-0.3, -0.25) is 14.4 Å². The van der Waals surface area contributed by atoms with E-state index in [1.54, 1.807) is 36.2 Å². The molecule has 2 N–H and O–H groups in total. The van der Waals surface area contributed by atoms with Crippen LogP contribution in [0.3, 0.4) is 0 Å². The van der Waals surface area contributed by atoms with E-state index >= 15 is 0 Å². The van der Waals surface area contributed by atoms with Crippen molar-refractivity contribution in [3.63, 3.8) is 0 Å². The Morgan fingerprint density at radius 1 is 0.929 bits per heavy atom. The number of hydrogen-bond donors (Lipinski definition) is 2. The molecule has 0 spiro atoms. The maximum absolute atomic E-state index is 13.0. The number of nitrogens with zero attached hydrogens (tertiary/aromatic N) is 1. The Labute approximate surface area is 162 Å². The predicted octanol–water partition coefficient (Wildman–Crippen LogP) is 2.68. The highest BCUT2D eigenvalue weighted by atomic mass is 19.1. The standard InChI is InChI=1S/C21H22FN3O3/c1-23-19(26)14-4-8-18(9-5-14)24-20(27)15-10-12-25(13-11-15)21(28)16-2-6-17(22)7-3-16/h2-9,15H,10-13H2,1H3,(H,23,26)(H,24,27). The number of nitrogens with one attached hydrogen (secondary N) is 2. The molecule has 0 saturated carbocycles. The topological polar surface area (TPSA) is 78.5 Å². The average molecular weight is 383 g/mol. The Morgan fingerprint density at radius 2 is 1.50 bits per heavy atom. The zero-order chi connectivity index (χ0) is 20.1. The van der Waals surface area contributed by atoms with Gasteiger partial charge in [0.05, 0.1) is 0 Å². The van der Waals surface area contributed by atoms with Crippen molar-refractivity contribution in [1.82, 2.24) is 10.2 Å². The first-order valence-corrected chi connectivity index (χ1v) is 9.16. The highest BCUT2D eigenvalue weighted by Crippen LogP contribution is 2.21. The van der Waals surface area contributed by atoms with Crippen LogP contribution in [0.1, 0.15) is 33.6 Å². The molecular formula is C21H22FN3O3. The minimum atomic E-state index is -0.379. The van der Waals surface area contributed by atoms with Crippen LogP contribution >= 0.6 is 0 Å². The van der Waals surface area contributed by atoms with E-state index in [2.05, 4.69) is 10.6 Å². The summed E-state index contributed by atoms with van der Waals surface area (Å²) < 4.78 is 13.0. The number of carbonyl (C=O) groups excluding carboxylic acids is 3. The van der Waals surface area contributed by atoms with Crippen LogP contribution in [0.4, 0.5) is 10.1 Å². The second-order valence-corrected chi connectivity index (χ2v) is 6.72. The summed E-state index contributed by atoms with van der Waals surface area (Å²) in [6.07, 6.45) is 1.13. The van der Waals surface area contributed by atoms with Crippen molar-refractivity contribution in [2.45, 2.75) is 12.8 Å². The number of likely N-dealkylation sites (tertiary alicyclic amines) is 1. The highest BCUT2D eigenvalue weighted by molar-refractivity contribution is 5.97. The van der Waals surface area contributed by atoms with E-state index in [0.717, 1.165) is 0 Å². The molecule has 1 heterocycles. The lowest BCUT2D eigenvalue weighted by molar-refractivity contribution is -0.121. The van der Waals surface area contributed by atoms with Crippen LogP contribution in [-0.4, -0.2) is 42.8 Å². The molecule has 3 rings (SSSR count). The van der Waals surface area contributed by atoms with Crippen LogP contribution in [0.15, 0.2) is 48.5 Å². The first kappa shape index (κ1) is 19.5. The smallest absolute Gasteiger partial charge is 0.253 e. The van der Waals surface area contributed by atoms with Crippen molar-refractivity contribution in [3.8, 4) is 0 Å². The van der Waals surface area contributed by atoms with E-state index < -0.39 is 0 Å². The number of rotatable bonds is 4. The molecule has 7 heteroatoms. The number of carbonyl (C=O) groups is 3. The maximum atomic E-state index is 13.0. The minimum absolute atomic E-state index is 0.0958. The summed E-state index contributed by atoms with van der Waals surface area (Å²) in [4.78, 5) is 38.2. The quantitative estimate of drug-likeness (QED) is 0.852. The Balaban J connectivity index is 1.53. The molecule has 3 amide bonds. The van der Waals surface area contributed by atoms with Crippen LogP contribution in [0.25, 0.3) is 0 Å². The third-order valence-corrected chi connectivity index (χ3v) is 4.89. The molecule has 1 fully saturated rings. The highest BCUT2D eigenvalue weighted by Gasteiger charge is 2.28. The molecule has 0 atom stereocenters. The molecule has 1 aliphatic rings. The maximum Gasteiger partial charge on any atom is 0.253 e. The second-order valence-electron chi connectivity index (χ2n) is 6.72. The van der Waals surface area contributed by atoms with Gasteiger partial charge < -0.3 is 15.5 Å². The fourth-order valence-electron chi connectivity index (χ4n) is 3.21. The molecular weight excluding hydrogens is 361 g/mol. The number of anilines is 1. The predicted molar refractivity (Wildman–Crippen MR) is 103 cm³/mol. The Kier molecular flexibility index (Phi) is 6.03. The molecule has 6 nitrogen and oxygen atoms in total. The molecule has 0 aliphatic carbocycles. The van der Waals surface area contributed by atoms with Crippen LogP contribution < -0.4 is 10.6 Å². The van der Waals surface area contributed by atoms with Gasteiger partial charge in [-0.1, -0.05) is 0 Å². The molecule has 0 radical (unpaired) electrons. The summed E-state index contributed by atoms with van der Waals surface area (Å²) in [6, 6.07) is 12.2. The van der Waals surface area contributed by atoms with E-state index in [-0.39, 0.29) is 29.5 Å². The summed E-state index contributed by atoms with van der Waals surface area (Å²) in [5.74, 6) is -0.993. The summed E-state index contributed by atoms with van der Waals surface area (Å²) in [5.41, 5.74) is 1.59. The van der Waals surface area contributed by atoms with Gasteiger partial charge in [0.15, 0.2) is 0 Å². The number of benzene rings is 2. The van der Waals surface area contributed by atoms with Gasteiger partial charge in [-0.2, -0.15) is 0 Å². The lowest BCUT2D eigenvalue weighted by Crippen LogP contribution is -2.41. The van der Waals surface area contributed by atoms with Crippen molar-refractivity contribution in [2.24, 2.45) is 5.92 Å². The van der Waals surface area contributed by atoms with Crippen LogP contribution in [0.5, 0.6) is 0 Å². The zero-order valence-electron chi connectivity index (χ0n) is 15.6. The average Bonchev–Trinajstić information content (AvgIpc) is 2.74. The van der Waals surface area contributed by atoms with E-state index in [4.69, 9.17) is 0 Å². The Morgan fingerprint density at radius 3 is 2.07 bits per heavy atom. The lowest BCUT2D eigenvalue weighted by atomic mass is 9.95. The van der Waals surface area contributed by atoms with Gasteiger partial charge in [0.2, 0.25) is 5.91 Å². The van der Waals surface area contributed by atoms with Gasteiger partial charge >= 0.3 is 0 Å². The monoisotopic (exact) mass is 383 g/mol. The molecule has 0 bridgehead atoms. The largest absolute Gasteiger partial charge is 0.355 e. The molecule has 146 valence electrons. The first-order chi connectivity index (χ1) is 13.5. The van der Waals surface area contributed by atoms with Crippen molar-refractivity contribution in [3.05, 3.63) is 65.5 Å². The summed E-state index contributed by atoms with van der Waals surface area (Å²) >= 11 is 0. The number of halogens is 1. The Hall–Kier alpha value is -3.22. The van der Waals surface area contributed by atoms with Gasteiger partial charge in [-0.25, -0.2) is 4.39 Å². The third kappa shape index (κ3) is 4.54. The van der Waals surface area contributed by atoms with E-state index in [0.29, 0.717) is 42.7 Å². The van der Waals surface area contributed by atoms with Gasteiger partial charge in [0.25, 0.3) is 11.8 Å². The van der Waals surface area contributed by atoms with Gasteiger partial charge in [-0.05, 0) is 61.4 Å². The van der Waals surface area contributed by atoms with Crippen molar-refractivity contribution < 1.29 is 18.8 Å². The summed E-state index contributed by atoms with van der Waals surface area (Å²) in [6.45, 7) is 0.952. The fraction of sp³-hybridized carbons (Fsp3) is 0.286. The van der Waals surface area contributed by atoms with E-state index in [1.807, 2.05) is 0 Å². The fourth-order valence-corrected chi connectivity index (χ4v) is 3.21. The van der Waals surface area contributed by atoms with Crippen LogP contribution in [0, 0.1) is 11.7 Å². The summed E-state index contributed by atoms with van der Waals surface area (Å²) in [5, 5.41) is 5.41. The van der Waals surface area contributed by atoms with Crippen LogP contribution in [0.2, 0.25) is 0 Å². The zero-order valence-corrected chi connectivity index (χ0v) is 15.6. The number of piperidine rings is 1. The number of hydrogen-bond acceptors (Lipinski definition) is 3. The van der Waals surface area contributed by atoms with Crippen molar-refractivity contribution in [2.75, 3.05) is 25.5 Å². The number of amides is 3. The Bertz CT molecular complexity index is 857. The summed E-state index contributed by atoms with van der Waals surface area (Å²) in [7, 11) is 1.56. The molecule has 2 aromatic carbocycles. The molecule has 0 unspecified atom stereocenters. The SMILES string of the molecule is CNC(=O)c1ccc(NC(=O)C2CCN(C(=O)c3ccc(F)cc3)CC2)cc1.